The Morgan fingerprint density at radius 2 is 2.19 bits per heavy atom. The lowest BCUT2D eigenvalue weighted by molar-refractivity contribution is 0.0449. The second-order valence-corrected chi connectivity index (χ2v) is 5.43. The molecule has 0 atom stereocenters. The Hall–Kier alpha value is -2.28. The smallest absolute Gasteiger partial charge is 0.251 e. The van der Waals surface area contributed by atoms with Gasteiger partial charge in [0.05, 0.1) is 5.60 Å². The summed E-state index contributed by atoms with van der Waals surface area (Å²) in [6, 6.07) is 7.01. The second-order valence-electron chi connectivity index (χ2n) is 5.43. The summed E-state index contributed by atoms with van der Waals surface area (Å²) in [5, 5.41) is 26.7. The first-order valence-corrected chi connectivity index (χ1v) is 7.01. The van der Waals surface area contributed by atoms with Crippen molar-refractivity contribution in [1.82, 2.24) is 25.9 Å². The third-order valence-electron chi connectivity index (χ3n) is 3.84. The number of H-pyrrole nitrogens is 1. The van der Waals surface area contributed by atoms with Crippen LogP contribution in [-0.2, 0) is 0 Å². The fourth-order valence-electron chi connectivity index (χ4n) is 2.64. The molecule has 1 heterocycles. The molecule has 0 spiro atoms. The topological polar surface area (TPSA) is 104 Å². The zero-order chi connectivity index (χ0) is 14.7. The van der Waals surface area contributed by atoms with Crippen LogP contribution in [0.2, 0.25) is 0 Å². The van der Waals surface area contributed by atoms with Crippen LogP contribution in [0, 0.1) is 0 Å². The van der Waals surface area contributed by atoms with Gasteiger partial charge in [-0.25, -0.2) is 0 Å². The Kier molecular flexibility index (Phi) is 3.66. The van der Waals surface area contributed by atoms with E-state index in [1.165, 1.54) is 0 Å². The molecule has 1 fully saturated rings. The van der Waals surface area contributed by atoms with E-state index in [1.54, 1.807) is 18.2 Å². The van der Waals surface area contributed by atoms with Gasteiger partial charge in [-0.1, -0.05) is 25.0 Å². The number of aromatic amines is 1. The number of rotatable bonds is 4. The minimum absolute atomic E-state index is 0.208. The molecule has 1 amide bonds. The number of hydrogen-bond donors (Lipinski definition) is 3. The van der Waals surface area contributed by atoms with Crippen molar-refractivity contribution >= 4 is 5.91 Å². The van der Waals surface area contributed by atoms with Gasteiger partial charge in [-0.2, -0.15) is 5.21 Å². The molecule has 0 bridgehead atoms. The molecular weight excluding hydrogens is 270 g/mol. The number of tetrazole rings is 1. The molecule has 1 aliphatic carbocycles. The molecule has 0 unspecified atom stereocenters. The first kappa shape index (κ1) is 13.7. The van der Waals surface area contributed by atoms with Gasteiger partial charge in [0.15, 0.2) is 0 Å². The van der Waals surface area contributed by atoms with E-state index in [-0.39, 0.29) is 12.5 Å². The monoisotopic (exact) mass is 287 g/mol. The van der Waals surface area contributed by atoms with Gasteiger partial charge < -0.3 is 10.4 Å². The predicted molar refractivity (Wildman–Crippen MR) is 75.4 cm³/mol. The summed E-state index contributed by atoms with van der Waals surface area (Å²) in [5.74, 6) is 0.236. The minimum Gasteiger partial charge on any atom is -0.388 e. The van der Waals surface area contributed by atoms with Crippen molar-refractivity contribution in [3.63, 3.8) is 0 Å². The van der Waals surface area contributed by atoms with Crippen LogP contribution in [0.1, 0.15) is 36.0 Å². The van der Waals surface area contributed by atoms with Crippen LogP contribution >= 0.6 is 0 Å². The molecule has 3 rings (SSSR count). The summed E-state index contributed by atoms with van der Waals surface area (Å²) in [5.41, 5.74) is 0.482. The van der Waals surface area contributed by atoms with E-state index < -0.39 is 5.60 Å². The van der Waals surface area contributed by atoms with Gasteiger partial charge in [-0.15, -0.1) is 10.2 Å². The zero-order valence-corrected chi connectivity index (χ0v) is 11.5. The van der Waals surface area contributed by atoms with Crippen LogP contribution in [0.3, 0.4) is 0 Å². The molecule has 110 valence electrons. The fourth-order valence-corrected chi connectivity index (χ4v) is 2.64. The van der Waals surface area contributed by atoms with Gasteiger partial charge in [0, 0.05) is 17.7 Å². The molecule has 0 radical (unpaired) electrons. The van der Waals surface area contributed by atoms with Crippen molar-refractivity contribution in [2.45, 2.75) is 31.3 Å². The van der Waals surface area contributed by atoms with Crippen molar-refractivity contribution in [3.8, 4) is 11.4 Å². The normalized spacial score (nSPS) is 16.8. The van der Waals surface area contributed by atoms with Crippen LogP contribution in [0.4, 0.5) is 0 Å². The van der Waals surface area contributed by atoms with Crippen molar-refractivity contribution in [1.29, 1.82) is 0 Å². The number of nitrogens with zero attached hydrogens (tertiary/aromatic N) is 3. The van der Waals surface area contributed by atoms with Gasteiger partial charge >= 0.3 is 0 Å². The molecular formula is C14H17N5O2. The maximum absolute atomic E-state index is 12.2. The predicted octanol–water partition coefficient (Wildman–Crippen LogP) is 0.902. The highest BCUT2D eigenvalue weighted by Gasteiger charge is 2.31. The van der Waals surface area contributed by atoms with Gasteiger partial charge in [0.25, 0.3) is 5.91 Å². The molecule has 3 N–H and O–H groups in total. The van der Waals surface area contributed by atoms with Crippen molar-refractivity contribution < 1.29 is 9.90 Å². The van der Waals surface area contributed by atoms with E-state index in [1.807, 2.05) is 6.07 Å². The highest BCUT2D eigenvalue weighted by Crippen LogP contribution is 2.28. The Balaban J connectivity index is 1.69. The van der Waals surface area contributed by atoms with E-state index in [0.29, 0.717) is 11.4 Å². The van der Waals surface area contributed by atoms with E-state index in [2.05, 4.69) is 25.9 Å². The van der Waals surface area contributed by atoms with Gasteiger partial charge in [-0.05, 0) is 30.2 Å². The summed E-state index contributed by atoms with van der Waals surface area (Å²) in [6.45, 7) is 0.290. The molecule has 0 saturated heterocycles. The number of carbonyl (C=O) groups excluding carboxylic acids is 1. The summed E-state index contributed by atoms with van der Waals surface area (Å²) in [6.07, 6.45) is 3.52. The molecule has 1 aromatic heterocycles. The Bertz CT molecular complexity index is 620. The summed E-state index contributed by atoms with van der Waals surface area (Å²) in [4.78, 5) is 12.2. The minimum atomic E-state index is -0.749. The van der Waals surface area contributed by atoms with E-state index in [9.17, 15) is 9.90 Å². The first-order chi connectivity index (χ1) is 10.2. The van der Waals surface area contributed by atoms with Crippen LogP contribution in [0.5, 0.6) is 0 Å². The molecule has 2 aromatic rings. The lowest BCUT2D eigenvalue weighted by Crippen LogP contribution is -2.40. The largest absolute Gasteiger partial charge is 0.388 e. The van der Waals surface area contributed by atoms with Gasteiger partial charge in [0.1, 0.15) is 0 Å². The summed E-state index contributed by atoms with van der Waals surface area (Å²) >= 11 is 0. The third kappa shape index (κ3) is 3.08. The maximum atomic E-state index is 12.2. The lowest BCUT2D eigenvalue weighted by Gasteiger charge is -2.22. The average Bonchev–Trinajstić information content (AvgIpc) is 3.17. The maximum Gasteiger partial charge on any atom is 0.251 e. The van der Waals surface area contributed by atoms with Crippen molar-refractivity contribution in [3.05, 3.63) is 29.8 Å². The molecule has 1 aliphatic rings. The van der Waals surface area contributed by atoms with Crippen LogP contribution in [-0.4, -0.2) is 43.8 Å². The van der Waals surface area contributed by atoms with Gasteiger partial charge in [-0.3, -0.25) is 4.79 Å². The molecule has 1 aromatic carbocycles. The van der Waals surface area contributed by atoms with E-state index in [4.69, 9.17) is 0 Å². The number of amides is 1. The van der Waals surface area contributed by atoms with Crippen LogP contribution < -0.4 is 5.32 Å². The van der Waals surface area contributed by atoms with Crippen LogP contribution in [0.15, 0.2) is 24.3 Å². The SMILES string of the molecule is O=C(NCC1(O)CCCC1)c1cccc(-c2nn[nH]n2)c1. The van der Waals surface area contributed by atoms with E-state index in [0.717, 1.165) is 31.2 Å². The van der Waals surface area contributed by atoms with Crippen molar-refractivity contribution in [2.75, 3.05) is 6.54 Å². The second kappa shape index (κ2) is 5.61. The lowest BCUT2D eigenvalue weighted by atomic mass is 10.0. The average molecular weight is 287 g/mol. The molecule has 21 heavy (non-hydrogen) atoms. The number of benzene rings is 1. The van der Waals surface area contributed by atoms with Crippen molar-refractivity contribution in [2.24, 2.45) is 0 Å². The number of aliphatic hydroxyl groups is 1. The number of aromatic nitrogens is 4. The van der Waals surface area contributed by atoms with Crippen LogP contribution in [0.25, 0.3) is 11.4 Å². The Morgan fingerprint density at radius 3 is 2.90 bits per heavy atom. The number of nitrogens with one attached hydrogen (secondary N) is 2. The van der Waals surface area contributed by atoms with E-state index >= 15 is 0 Å². The Labute approximate surface area is 121 Å². The number of hydrogen-bond acceptors (Lipinski definition) is 5. The molecule has 7 nitrogen and oxygen atoms in total. The summed E-state index contributed by atoms with van der Waals surface area (Å²) in [7, 11) is 0. The highest BCUT2D eigenvalue weighted by molar-refractivity contribution is 5.95. The quantitative estimate of drug-likeness (QED) is 0.775. The van der Waals surface area contributed by atoms with Gasteiger partial charge in [0.2, 0.25) is 5.82 Å². The third-order valence-corrected chi connectivity index (χ3v) is 3.84. The number of carbonyl (C=O) groups is 1. The highest BCUT2D eigenvalue weighted by atomic mass is 16.3. The Morgan fingerprint density at radius 1 is 1.38 bits per heavy atom. The molecule has 1 saturated carbocycles. The molecule has 0 aliphatic heterocycles. The fraction of sp³-hybridized carbons (Fsp3) is 0.429. The molecule has 7 heteroatoms. The summed E-state index contributed by atoms with van der Waals surface area (Å²) < 4.78 is 0. The first-order valence-electron chi connectivity index (χ1n) is 7.01. The zero-order valence-electron chi connectivity index (χ0n) is 11.5. The standard InChI is InChI=1S/C14H17N5O2/c20-13(15-9-14(21)6-1-2-7-14)11-5-3-4-10(8-11)12-16-18-19-17-12/h3-5,8,21H,1-2,6-7,9H2,(H,15,20)(H,16,17,18,19).